The highest BCUT2D eigenvalue weighted by molar-refractivity contribution is 7.89. The Kier molecular flexibility index (Phi) is 3.32. The molecule has 1 aliphatic heterocycles. The van der Waals surface area contributed by atoms with E-state index in [1.807, 2.05) is 0 Å². The van der Waals surface area contributed by atoms with E-state index < -0.39 is 10.0 Å². The van der Waals surface area contributed by atoms with Crippen LogP contribution in [0.2, 0.25) is 0 Å². The van der Waals surface area contributed by atoms with Crippen molar-refractivity contribution in [3.63, 3.8) is 0 Å². The van der Waals surface area contributed by atoms with Gasteiger partial charge in [-0.15, -0.1) is 0 Å². The molecule has 78 valence electrons. The van der Waals surface area contributed by atoms with Gasteiger partial charge < -0.3 is 5.11 Å². The summed E-state index contributed by atoms with van der Waals surface area (Å²) in [4.78, 5) is 0. The first-order valence-corrected chi connectivity index (χ1v) is 6.12. The normalized spacial score (nSPS) is 25.7. The zero-order valence-corrected chi connectivity index (χ0v) is 8.92. The third-order valence-electron chi connectivity index (χ3n) is 2.46. The average Bonchev–Trinajstić information content (AvgIpc) is 2.51. The van der Waals surface area contributed by atoms with E-state index in [1.54, 1.807) is 13.8 Å². The van der Waals surface area contributed by atoms with Crippen LogP contribution in [-0.2, 0) is 10.0 Å². The first kappa shape index (κ1) is 10.9. The standard InChI is InChI=1S/C8H17NO3S/c1-7(2)13(11,12)9-5-3-4-8(9)6-10/h7-8,10H,3-6H2,1-2H3. The Labute approximate surface area is 79.6 Å². The van der Waals surface area contributed by atoms with E-state index in [-0.39, 0.29) is 17.9 Å². The van der Waals surface area contributed by atoms with Crippen molar-refractivity contribution in [2.24, 2.45) is 0 Å². The van der Waals surface area contributed by atoms with E-state index in [0.717, 1.165) is 12.8 Å². The second-order valence-corrected chi connectivity index (χ2v) is 6.12. The summed E-state index contributed by atoms with van der Waals surface area (Å²) in [6, 6.07) is -0.188. The van der Waals surface area contributed by atoms with Gasteiger partial charge in [0.1, 0.15) is 0 Å². The molecule has 0 aromatic rings. The highest BCUT2D eigenvalue weighted by Crippen LogP contribution is 2.22. The molecule has 0 aromatic carbocycles. The molecule has 0 amide bonds. The summed E-state index contributed by atoms with van der Waals surface area (Å²) in [7, 11) is -3.16. The van der Waals surface area contributed by atoms with E-state index in [2.05, 4.69) is 0 Å². The molecule has 5 heteroatoms. The molecular weight excluding hydrogens is 190 g/mol. The van der Waals surface area contributed by atoms with Gasteiger partial charge in [-0.05, 0) is 26.7 Å². The monoisotopic (exact) mass is 207 g/mol. The summed E-state index contributed by atoms with van der Waals surface area (Å²) in [6.07, 6.45) is 1.64. The van der Waals surface area contributed by atoms with Crippen LogP contribution in [-0.4, -0.2) is 42.3 Å². The molecule has 1 saturated heterocycles. The lowest BCUT2D eigenvalue weighted by molar-refractivity contribution is 0.213. The number of aliphatic hydroxyl groups excluding tert-OH is 1. The molecule has 0 aromatic heterocycles. The summed E-state index contributed by atoms with van der Waals surface area (Å²) < 4.78 is 24.9. The Morgan fingerprint density at radius 1 is 1.54 bits per heavy atom. The highest BCUT2D eigenvalue weighted by atomic mass is 32.2. The average molecular weight is 207 g/mol. The molecule has 1 rings (SSSR count). The maximum atomic E-state index is 11.7. The van der Waals surface area contributed by atoms with Crippen LogP contribution in [0, 0.1) is 0 Å². The fourth-order valence-corrected chi connectivity index (χ4v) is 3.11. The molecule has 0 saturated carbocycles. The molecule has 4 nitrogen and oxygen atoms in total. The zero-order valence-electron chi connectivity index (χ0n) is 8.10. The third-order valence-corrected chi connectivity index (χ3v) is 4.78. The number of aliphatic hydroxyl groups is 1. The van der Waals surface area contributed by atoms with Gasteiger partial charge >= 0.3 is 0 Å². The van der Waals surface area contributed by atoms with Gasteiger partial charge in [-0.1, -0.05) is 0 Å². The van der Waals surface area contributed by atoms with Crippen molar-refractivity contribution in [3.05, 3.63) is 0 Å². The minimum absolute atomic E-state index is 0.0635. The Morgan fingerprint density at radius 3 is 2.62 bits per heavy atom. The second kappa shape index (κ2) is 3.94. The third kappa shape index (κ3) is 2.03. The van der Waals surface area contributed by atoms with Gasteiger partial charge in [0.05, 0.1) is 11.9 Å². The van der Waals surface area contributed by atoms with Crippen LogP contribution < -0.4 is 0 Å². The van der Waals surface area contributed by atoms with E-state index in [1.165, 1.54) is 4.31 Å². The van der Waals surface area contributed by atoms with Crippen LogP contribution >= 0.6 is 0 Å². The lowest BCUT2D eigenvalue weighted by Gasteiger charge is -2.24. The van der Waals surface area contributed by atoms with E-state index in [9.17, 15) is 8.42 Å². The number of hydrogen-bond acceptors (Lipinski definition) is 3. The maximum Gasteiger partial charge on any atom is 0.216 e. The Hall–Kier alpha value is -0.130. The first-order valence-electron chi connectivity index (χ1n) is 4.61. The molecule has 0 bridgehead atoms. The largest absolute Gasteiger partial charge is 0.395 e. The number of rotatable bonds is 3. The number of sulfonamides is 1. The molecule has 1 heterocycles. The van der Waals surface area contributed by atoms with Crippen molar-refractivity contribution >= 4 is 10.0 Å². The topological polar surface area (TPSA) is 57.6 Å². The van der Waals surface area contributed by atoms with Crippen LogP contribution in [0.3, 0.4) is 0 Å². The Bertz CT molecular complexity index is 261. The minimum atomic E-state index is -3.16. The lowest BCUT2D eigenvalue weighted by atomic mass is 10.2. The maximum absolute atomic E-state index is 11.7. The molecule has 1 unspecified atom stereocenters. The first-order chi connectivity index (χ1) is 6.00. The molecule has 0 aliphatic carbocycles. The molecule has 1 fully saturated rings. The fourth-order valence-electron chi connectivity index (χ4n) is 1.60. The molecular formula is C8H17NO3S. The second-order valence-electron chi connectivity index (χ2n) is 3.68. The predicted molar refractivity (Wildman–Crippen MR) is 50.9 cm³/mol. The van der Waals surface area contributed by atoms with Gasteiger partial charge in [-0.2, -0.15) is 4.31 Å². The van der Waals surface area contributed by atoms with Gasteiger partial charge in [0.25, 0.3) is 0 Å². The Balaban J connectivity index is 2.82. The van der Waals surface area contributed by atoms with Crippen molar-refractivity contribution < 1.29 is 13.5 Å². The quantitative estimate of drug-likeness (QED) is 0.718. The summed E-state index contributed by atoms with van der Waals surface area (Å²) in [5, 5.41) is 8.59. The van der Waals surface area contributed by atoms with Gasteiger partial charge in [-0.25, -0.2) is 8.42 Å². The predicted octanol–water partition coefficient (Wildman–Crippen LogP) is 0.181. The van der Waals surface area contributed by atoms with Crippen LogP contribution in [0.15, 0.2) is 0 Å². The lowest BCUT2D eigenvalue weighted by Crippen LogP contribution is -2.41. The van der Waals surface area contributed by atoms with Gasteiger partial charge in [0, 0.05) is 12.6 Å². The molecule has 1 N–H and O–H groups in total. The van der Waals surface area contributed by atoms with Crippen LogP contribution in [0.25, 0.3) is 0 Å². The number of hydrogen-bond donors (Lipinski definition) is 1. The fraction of sp³-hybridized carbons (Fsp3) is 1.00. The van der Waals surface area contributed by atoms with E-state index >= 15 is 0 Å². The van der Waals surface area contributed by atoms with Crippen LogP contribution in [0.5, 0.6) is 0 Å². The van der Waals surface area contributed by atoms with E-state index in [0.29, 0.717) is 6.54 Å². The van der Waals surface area contributed by atoms with Crippen molar-refractivity contribution in [2.45, 2.75) is 38.0 Å². The zero-order chi connectivity index (χ0) is 10.1. The highest BCUT2D eigenvalue weighted by Gasteiger charge is 2.35. The number of nitrogens with zero attached hydrogens (tertiary/aromatic N) is 1. The van der Waals surface area contributed by atoms with Crippen molar-refractivity contribution in [1.82, 2.24) is 4.31 Å². The van der Waals surface area contributed by atoms with E-state index in [4.69, 9.17) is 5.11 Å². The molecule has 1 aliphatic rings. The SMILES string of the molecule is CC(C)S(=O)(=O)N1CCCC1CO. The molecule has 0 radical (unpaired) electrons. The summed E-state index contributed by atoms with van der Waals surface area (Å²) in [5.74, 6) is 0. The Morgan fingerprint density at radius 2 is 2.15 bits per heavy atom. The van der Waals surface area contributed by atoms with Gasteiger partial charge in [0.2, 0.25) is 10.0 Å². The van der Waals surface area contributed by atoms with Crippen LogP contribution in [0.1, 0.15) is 26.7 Å². The smallest absolute Gasteiger partial charge is 0.216 e. The van der Waals surface area contributed by atoms with Crippen molar-refractivity contribution in [3.8, 4) is 0 Å². The summed E-state index contributed by atoms with van der Waals surface area (Å²) in [5.41, 5.74) is 0. The summed E-state index contributed by atoms with van der Waals surface area (Å²) >= 11 is 0. The molecule has 1 atom stereocenters. The van der Waals surface area contributed by atoms with Crippen molar-refractivity contribution in [2.75, 3.05) is 13.2 Å². The van der Waals surface area contributed by atoms with Gasteiger partial charge in [-0.3, -0.25) is 0 Å². The van der Waals surface area contributed by atoms with Crippen molar-refractivity contribution in [1.29, 1.82) is 0 Å². The van der Waals surface area contributed by atoms with Gasteiger partial charge in [0.15, 0.2) is 0 Å². The molecule has 13 heavy (non-hydrogen) atoms. The molecule has 0 spiro atoms. The summed E-state index contributed by atoms with van der Waals surface area (Å²) in [6.45, 7) is 3.84. The van der Waals surface area contributed by atoms with Crippen LogP contribution in [0.4, 0.5) is 0 Å². The minimum Gasteiger partial charge on any atom is -0.395 e.